The van der Waals surface area contributed by atoms with Crippen molar-refractivity contribution >= 4 is 0 Å². The van der Waals surface area contributed by atoms with Crippen LogP contribution in [0.3, 0.4) is 0 Å². The van der Waals surface area contributed by atoms with Crippen molar-refractivity contribution in [1.29, 1.82) is 0 Å². The van der Waals surface area contributed by atoms with E-state index in [2.05, 4.69) is 23.4 Å². The molecule has 2 rings (SSSR count). The van der Waals surface area contributed by atoms with Crippen LogP contribution in [0.1, 0.15) is 25.5 Å². The lowest BCUT2D eigenvalue weighted by Gasteiger charge is -2.22. The van der Waals surface area contributed by atoms with Gasteiger partial charge in [0.15, 0.2) is 0 Å². The third-order valence-electron chi connectivity index (χ3n) is 3.18. The third kappa shape index (κ3) is 3.06. The van der Waals surface area contributed by atoms with Crippen LogP contribution in [0, 0.1) is 5.92 Å². The molecule has 0 aliphatic carbocycles. The number of ether oxygens (including phenoxy) is 1. The first-order chi connectivity index (χ1) is 7.90. The summed E-state index contributed by atoms with van der Waals surface area (Å²) in [7, 11) is 0. The molecule has 1 N–H and O–H groups in total. The number of aromatic nitrogens is 2. The summed E-state index contributed by atoms with van der Waals surface area (Å²) in [6.07, 6.45) is 4.26. The van der Waals surface area contributed by atoms with Gasteiger partial charge in [-0.2, -0.15) is 5.10 Å². The molecule has 0 atom stereocenters. The predicted octanol–water partition coefficient (Wildman–Crippen LogP) is 1.42. The lowest BCUT2D eigenvalue weighted by atomic mass is 10.0. The SMILES string of the molecule is CCn1nccc1CNCC1CCOCC1. The molecule has 1 fully saturated rings. The molecule has 1 aliphatic rings. The Morgan fingerprint density at radius 3 is 3.06 bits per heavy atom. The average Bonchev–Trinajstić information content (AvgIpc) is 2.78. The van der Waals surface area contributed by atoms with Gasteiger partial charge in [0.05, 0.1) is 5.69 Å². The fourth-order valence-electron chi connectivity index (χ4n) is 2.15. The van der Waals surface area contributed by atoms with Crippen molar-refractivity contribution in [3.05, 3.63) is 18.0 Å². The first-order valence-electron chi connectivity index (χ1n) is 6.19. The molecule has 0 unspecified atom stereocenters. The minimum atomic E-state index is 0.784. The number of nitrogens with zero attached hydrogens (tertiary/aromatic N) is 2. The Hall–Kier alpha value is -0.870. The van der Waals surface area contributed by atoms with E-state index in [1.165, 1.54) is 18.5 Å². The van der Waals surface area contributed by atoms with Gasteiger partial charge < -0.3 is 10.1 Å². The summed E-state index contributed by atoms with van der Waals surface area (Å²) in [5, 5.41) is 7.77. The maximum Gasteiger partial charge on any atom is 0.0521 e. The van der Waals surface area contributed by atoms with Crippen LogP contribution in [-0.4, -0.2) is 29.5 Å². The van der Waals surface area contributed by atoms with Crippen LogP contribution in [0.5, 0.6) is 0 Å². The number of hydrogen-bond acceptors (Lipinski definition) is 3. The molecule has 1 saturated heterocycles. The zero-order valence-electron chi connectivity index (χ0n) is 9.98. The van der Waals surface area contributed by atoms with Crippen molar-refractivity contribution in [2.75, 3.05) is 19.8 Å². The predicted molar refractivity (Wildman–Crippen MR) is 63.2 cm³/mol. The van der Waals surface area contributed by atoms with Gasteiger partial charge in [-0.3, -0.25) is 4.68 Å². The van der Waals surface area contributed by atoms with Gasteiger partial charge in [-0.15, -0.1) is 0 Å². The van der Waals surface area contributed by atoms with E-state index in [1.807, 2.05) is 10.9 Å². The quantitative estimate of drug-likeness (QED) is 0.820. The van der Waals surface area contributed by atoms with Crippen LogP contribution >= 0.6 is 0 Å². The summed E-state index contributed by atoms with van der Waals surface area (Å²) in [6, 6.07) is 2.08. The molecule has 0 aromatic carbocycles. The normalized spacial score (nSPS) is 17.8. The van der Waals surface area contributed by atoms with Gasteiger partial charge in [0, 0.05) is 32.5 Å². The summed E-state index contributed by atoms with van der Waals surface area (Å²) in [5.74, 6) is 0.784. The standard InChI is InChI=1S/C12H21N3O/c1-2-15-12(3-6-14-15)10-13-9-11-4-7-16-8-5-11/h3,6,11,13H,2,4-5,7-10H2,1H3. The highest BCUT2D eigenvalue weighted by atomic mass is 16.5. The van der Waals surface area contributed by atoms with E-state index >= 15 is 0 Å². The minimum Gasteiger partial charge on any atom is -0.381 e. The van der Waals surface area contributed by atoms with Gasteiger partial charge in [-0.05, 0) is 38.3 Å². The van der Waals surface area contributed by atoms with Crippen molar-refractivity contribution in [3.8, 4) is 0 Å². The lowest BCUT2D eigenvalue weighted by Crippen LogP contribution is -2.28. The summed E-state index contributed by atoms with van der Waals surface area (Å²) in [5.41, 5.74) is 1.27. The van der Waals surface area contributed by atoms with Gasteiger partial charge in [-0.1, -0.05) is 0 Å². The monoisotopic (exact) mass is 223 g/mol. The zero-order chi connectivity index (χ0) is 11.2. The second kappa shape index (κ2) is 6.01. The molecule has 4 nitrogen and oxygen atoms in total. The molecule has 90 valence electrons. The first kappa shape index (κ1) is 11.6. The minimum absolute atomic E-state index is 0.784. The first-order valence-corrected chi connectivity index (χ1v) is 6.19. The molecular weight excluding hydrogens is 202 g/mol. The molecule has 0 bridgehead atoms. The largest absolute Gasteiger partial charge is 0.381 e. The molecular formula is C12H21N3O. The van der Waals surface area contributed by atoms with Crippen molar-refractivity contribution in [1.82, 2.24) is 15.1 Å². The average molecular weight is 223 g/mol. The molecule has 4 heteroatoms. The van der Waals surface area contributed by atoms with Crippen molar-refractivity contribution in [3.63, 3.8) is 0 Å². The zero-order valence-corrected chi connectivity index (χ0v) is 9.98. The summed E-state index contributed by atoms with van der Waals surface area (Å²) in [4.78, 5) is 0. The number of hydrogen-bond donors (Lipinski definition) is 1. The topological polar surface area (TPSA) is 39.1 Å². The maximum absolute atomic E-state index is 5.35. The van der Waals surface area contributed by atoms with Crippen LogP contribution in [0.25, 0.3) is 0 Å². The fraction of sp³-hybridized carbons (Fsp3) is 0.750. The summed E-state index contributed by atoms with van der Waals surface area (Å²) >= 11 is 0. The fourth-order valence-corrected chi connectivity index (χ4v) is 2.15. The molecule has 2 heterocycles. The van der Waals surface area contributed by atoms with Gasteiger partial charge in [0.1, 0.15) is 0 Å². The van der Waals surface area contributed by atoms with Crippen LogP contribution in [-0.2, 0) is 17.8 Å². The van der Waals surface area contributed by atoms with Crippen LogP contribution < -0.4 is 5.32 Å². The van der Waals surface area contributed by atoms with Crippen molar-refractivity contribution < 1.29 is 4.74 Å². The second-order valence-corrected chi connectivity index (χ2v) is 4.32. The Bertz CT molecular complexity index is 305. The molecule has 0 spiro atoms. The van der Waals surface area contributed by atoms with E-state index < -0.39 is 0 Å². The molecule has 1 aromatic heterocycles. The van der Waals surface area contributed by atoms with Crippen molar-refractivity contribution in [2.45, 2.75) is 32.9 Å². The highest BCUT2D eigenvalue weighted by Gasteiger charge is 2.13. The Morgan fingerprint density at radius 1 is 1.50 bits per heavy atom. The third-order valence-corrected chi connectivity index (χ3v) is 3.18. The van der Waals surface area contributed by atoms with E-state index in [9.17, 15) is 0 Å². The molecule has 1 aromatic rings. The highest BCUT2D eigenvalue weighted by molar-refractivity contribution is 4.99. The maximum atomic E-state index is 5.35. The molecule has 1 aliphatic heterocycles. The van der Waals surface area contributed by atoms with Gasteiger partial charge >= 0.3 is 0 Å². The molecule has 16 heavy (non-hydrogen) atoms. The smallest absolute Gasteiger partial charge is 0.0521 e. The Balaban J connectivity index is 1.71. The number of nitrogens with one attached hydrogen (secondary N) is 1. The van der Waals surface area contributed by atoms with Gasteiger partial charge in [0.2, 0.25) is 0 Å². The Kier molecular flexibility index (Phi) is 4.36. The lowest BCUT2D eigenvalue weighted by molar-refractivity contribution is 0.0662. The summed E-state index contributed by atoms with van der Waals surface area (Å²) in [6.45, 7) is 6.94. The van der Waals surface area contributed by atoms with Crippen LogP contribution in [0.2, 0.25) is 0 Å². The van der Waals surface area contributed by atoms with Crippen LogP contribution in [0.15, 0.2) is 12.3 Å². The van der Waals surface area contributed by atoms with E-state index in [-0.39, 0.29) is 0 Å². The number of aryl methyl sites for hydroxylation is 1. The van der Waals surface area contributed by atoms with E-state index in [0.717, 1.165) is 38.8 Å². The Morgan fingerprint density at radius 2 is 2.31 bits per heavy atom. The summed E-state index contributed by atoms with van der Waals surface area (Å²) < 4.78 is 7.39. The van der Waals surface area contributed by atoms with Crippen LogP contribution in [0.4, 0.5) is 0 Å². The van der Waals surface area contributed by atoms with Gasteiger partial charge in [0.25, 0.3) is 0 Å². The number of rotatable bonds is 5. The highest BCUT2D eigenvalue weighted by Crippen LogP contribution is 2.13. The van der Waals surface area contributed by atoms with Gasteiger partial charge in [-0.25, -0.2) is 0 Å². The molecule has 0 radical (unpaired) electrons. The molecule has 0 amide bonds. The van der Waals surface area contributed by atoms with E-state index in [0.29, 0.717) is 0 Å². The second-order valence-electron chi connectivity index (χ2n) is 4.32. The Labute approximate surface area is 97.0 Å². The molecule has 0 saturated carbocycles. The van der Waals surface area contributed by atoms with E-state index in [1.54, 1.807) is 0 Å². The van der Waals surface area contributed by atoms with Crippen molar-refractivity contribution in [2.24, 2.45) is 5.92 Å². The van der Waals surface area contributed by atoms with E-state index in [4.69, 9.17) is 4.74 Å².